The molecule has 2 rings (SSSR count). The first-order chi connectivity index (χ1) is 7.58. The lowest BCUT2D eigenvalue weighted by molar-refractivity contribution is -0.355. The molecule has 2 atom stereocenters. The Morgan fingerprint density at radius 3 is 1.56 bits per heavy atom. The van der Waals surface area contributed by atoms with Crippen LogP contribution in [0.15, 0.2) is 9.98 Å². The van der Waals surface area contributed by atoms with Crippen LogP contribution in [0.2, 0.25) is 0 Å². The highest BCUT2D eigenvalue weighted by Gasteiger charge is 2.40. The van der Waals surface area contributed by atoms with E-state index in [0.717, 1.165) is 0 Å². The molecule has 0 radical (unpaired) electrons. The summed E-state index contributed by atoms with van der Waals surface area (Å²) in [5.74, 6) is -0.923. The van der Waals surface area contributed by atoms with Gasteiger partial charge in [0.25, 0.3) is 0 Å². The molecule has 0 bridgehead atoms. The Morgan fingerprint density at radius 1 is 0.938 bits per heavy atom. The molecule has 4 N–H and O–H groups in total. The lowest BCUT2D eigenvalue weighted by Crippen LogP contribution is -2.48. The minimum atomic E-state index is -0.787. The maximum absolute atomic E-state index is 10.3. The van der Waals surface area contributed by atoms with E-state index in [-0.39, 0.29) is 0 Å². The molecule has 12 nitrogen and oxygen atoms in total. The normalized spacial score (nSPS) is 27.8. The first-order valence-electron chi connectivity index (χ1n) is 4.05. The van der Waals surface area contributed by atoms with Crippen molar-refractivity contribution in [1.29, 1.82) is 0 Å². The van der Waals surface area contributed by atoms with Crippen molar-refractivity contribution < 1.29 is 9.85 Å². The fraction of sp³-hybridized carbons (Fsp3) is 0.500. The van der Waals surface area contributed by atoms with Gasteiger partial charge in [0.05, 0.1) is 0 Å². The summed E-state index contributed by atoms with van der Waals surface area (Å²) < 4.78 is 0. The summed E-state index contributed by atoms with van der Waals surface area (Å²) in [6.07, 6.45) is -1.57. The van der Waals surface area contributed by atoms with E-state index in [1.807, 2.05) is 0 Å². The summed E-state index contributed by atoms with van der Waals surface area (Å²) in [6.45, 7) is 0. The molecule has 2 unspecified atom stereocenters. The SMILES string of the molecule is O=[N+]([O-])C1=NC(C2N=C([N+](=O)[O-])NN2)NN1. The van der Waals surface area contributed by atoms with Crippen LogP contribution in [0.3, 0.4) is 0 Å². The van der Waals surface area contributed by atoms with Gasteiger partial charge in [0.2, 0.25) is 12.3 Å². The highest BCUT2D eigenvalue weighted by molar-refractivity contribution is 5.74. The molecule has 0 spiro atoms. The van der Waals surface area contributed by atoms with Gasteiger partial charge in [-0.3, -0.25) is 0 Å². The van der Waals surface area contributed by atoms with Crippen LogP contribution in [0, 0.1) is 20.2 Å². The van der Waals surface area contributed by atoms with E-state index in [1.54, 1.807) is 0 Å². The van der Waals surface area contributed by atoms with Gasteiger partial charge in [0, 0.05) is 0 Å². The third-order valence-corrected chi connectivity index (χ3v) is 1.83. The molecular formula is C4H6N8O4. The van der Waals surface area contributed by atoms with Crippen LogP contribution in [-0.4, -0.2) is 34.1 Å². The van der Waals surface area contributed by atoms with Crippen molar-refractivity contribution in [2.45, 2.75) is 12.3 Å². The summed E-state index contributed by atoms with van der Waals surface area (Å²) in [5.41, 5.74) is 9.37. The van der Waals surface area contributed by atoms with Gasteiger partial charge in [-0.1, -0.05) is 9.98 Å². The Kier molecular flexibility index (Phi) is 2.34. The zero-order valence-corrected chi connectivity index (χ0v) is 7.58. The van der Waals surface area contributed by atoms with Gasteiger partial charge >= 0.3 is 11.9 Å². The van der Waals surface area contributed by atoms with Crippen LogP contribution >= 0.6 is 0 Å². The predicted molar refractivity (Wildman–Crippen MR) is 49.0 cm³/mol. The molecule has 0 saturated heterocycles. The first kappa shape index (κ1) is 10.2. The van der Waals surface area contributed by atoms with E-state index in [0.29, 0.717) is 0 Å². The van der Waals surface area contributed by atoms with Gasteiger partial charge in [0.1, 0.15) is 0 Å². The third-order valence-electron chi connectivity index (χ3n) is 1.83. The number of nitro groups is 2. The lowest BCUT2D eigenvalue weighted by Gasteiger charge is -2.02. The van der Waals surface area contributed by atoms with Crippen LogP contribution in [0.5, 0.6) is 0 Å². The highest BCUT2D eigenvalue weighted by atomic mass is 16.6. The van der Waals surface area contributed by atoms with E-state index >= 15 is 0 Å². The van der Waals surface area contributed by atoms with Crippen LogP contribution in [0.1, 0.15) is 0 Å². The van der Waals surface area contributed by atoms with Crippen molar-refractivity contribution >= 4 is 11.9 Å². The minimum Gasteiger partial charge on any atom is -0.390 e. The first-order valence-corrected chi connectivity index (χ1v) is 4.05. The number of nitrogens with one attached hydrogen (secondary N) is 4. The van der Waals surface area contributed by atoms with E-state index < -0.39 is 34.1 Å². The lowest BCUT2D eigenvalue weighted by atomic mass is 10.4. The highest BCUT2D eigenvalue weighted by Crippen LogP contribution is 2.05. The number of guanidine groups is 2. The Labute approximate surface area is 87.1 Å². The Bertz CT molecular complexity index is 365. The minimum absolute atomic E-state index is 0.462. The number of aliphatic imine (C=N–C) groups is 2. The second-order valence-corrected chi connectivity index (χ2v) is 2.85. The Morgan fingerprint density at radius 2 is 1.31 bits per heavy atom. The summed E-state index contributed by atoms with van der Waals surface area (Å²) in [6, 6.07) is 0. The quantitative estimate of drug-likeness (QED) is 0.276. The molecule has 2 heterocycles. The number of hydrazine groups is 2. The molecular weight excluding hydrogens is 224 g/mol. The Balaban J connectivity index is 2.06. The average molecular weight is 230 g/mol. The van der Waals surface area contributed by atoms with Crippen LogP contribution in [0.4, 0.5) is 0 Å². The molecule has 86 valence electrons. The molecule has 0 aromatic heterocycles. The van der Waals surface area contributed by atoms with Crippen LogP contribution in [0.25, 0.3) is 0 Å². The molecule has 2 aliphatic rings. The standard InChI is InChI=1S/C4H6N8O4/c13-11(14)3-5-1(7-9-3)2-6-4(10-8-2)12(15)16/h1-2,7-8H,(H,5,9)(H,6,10). The molecule has 0 saturated carbocycles. The smallest absolute Gasteiger partial charge is 0.390 e. The Hall–Kier alpha value is -2.34. The average Bonchev–Trinajstić information content (AvgIpc) is 2.86. The molecule has 0 aromatic carbocycles. The molecule has 2 aliphatic heterocycles. The van der Waals surface area contributed by atoms with E-state index in [4.69, 9.17) is 0 Å². The summed E-state index contributed by atoms with van der Waals surface area (Å²) in [5, 5.41) is 20.7. The van der Waals surface area contributed by atoms with Crippen LogP contribution < -0.4 is 21.7 Å². The predicted octanol–water partition coefficient (Wildman–Crippen LogP) is -2.88. The maximum atomic E-state index is 10.3. The number of nitrogens with zero attached hydrogens (tertiary/aromatic N) is 4. The van der Waals surface area contributed by atoms with E-state index in [9.17, 15) is 20.2 Å². The van der Waals surface area contributed by atoms with Crippen molar-refractivity contribution in [3.8, 4) is 0 Å². The van der Waals surface area contributed by atoms with Crippen molar-refractivity contribution in [3.63, 3.8) is 0 Å². The monoisotopic (exact) mass is 230 g/mol. The van der Waals surface area contributed by atoms with Crippen molar-refractivity contribution in [1.82, 2.24) is 21.7 Å². The van der Waals surface area contributed by atoms with Crippen molar-refractivity contribution in [2.24, 2.45) is 9.98 Å². The summed E-state index contributed by atoms with van der Waals surface area (Å²) in [4.78, 5) is 26.5. The van der Waals surface area contributed by atoms with Crippen LogP contribution in [-0.2, 0) is 0 Å². The fourth-order valence-corrected chi connectivity index (χ4v) is 1.15. The summed E-state index contributed by atoms with van der Waals surface area (Å²) >= 11 is 0. The van der Waals surface area contributed by atoms with Gasteiger partial charge in [0.15, 0.2) is 0 Å². The zero-order chi connectivity index (χ0) is 11.7. The zero-order valence-electron chi connectivity index (χ0n) is 7.58. The molecule has 0 aliphatic carbocycles. The largest absolute Gasteiger partial charge is 0.441 e. The van der Waals surface area contributed by atoms with Gasteiger partial charge in [-0.25, -0.2) is 0 Å². The molecule has 0 fully saturated rings. The number of rotatable bonds is 1. The molecule has 0 aromatic rings. The molecule has 16 heavy (non-hydrogen) atoms. The van der Waals surface area contributed by atoms with Gasteiger partial charge < -0.3 is 20.2 Å². The number of hydrogen-bond donors (Lipinski definition) is 4. The van der Waals surface area contributed by atoms with Crippen molar-refractivity contribution in [2.75, 3.05) is 0 Å². The maximum Gasteiger partial charge on any atom is 0.441 e. The topological polar surface area (TPSA) is 159 Å². The van der Waals surface area contributed by atoms with Gasteiger partial charge in [-0.2, -0.15) is 10.9 Å². The van der Waals surface area contributed by atoms with Gasteiger partial charge in [-0.05, 0) is 9.85 Å². The van der Waals surface area contributed by atoms with E-state index in [2.05, 4.69) is 31.7 Å². The van der Waals surface area contributed by atoms with Crippen molar-refractivity contribution in [3.05, 3.63) is 20.2 Å². The second-order valence-electron chi connectivity index (χ2n) is 2.85. The molecule has 0 amide bonds. The second kappa shape index (κ2) is 3.67. The third kappa shape index (κ3) is 1.73. The number of hydrogen-bond acceptors (Lipinski definition) is 10. The fourth-order valence-electron chi connectivity index (χ4n) is 1.15. The molecule has 12 heteroatoms. The summed E-state index contributed by atoms with van der Waals surface area (Å²) in [7, 11) is 0. The van der Waals surface area contributed by atoms with Gasteiger partial charge in [-0.15, -0.1) is 10.9 Å². The van der Waals surface area contributed by atoms with E-state index in [1.165, 1.54) is 0 Å².